The van der Waals surface area contributed by atoms with E-state index in [2.05, 4.69) is 10.6 Å². The number of aliphatic hydroxyl groups is 1. The third kappa shape index (κ3) is 7.07. The number of carbonyl (C=O) groups is 2. The number of nitrogens with one attached hydrogen (secondary N) is 2. The van der Waals surface area contributed by atoms with Crippen LogP contribution in [-0.4, -0.2) is 47.9 Å². The lowest BCUT2D eigenvalue weighted by atomic mass is 9.79. The second kappa shape index (κ2) is 11.6. The van der Waals surface area contributed by atoms with Crippen LogP contribution in [0.3, 0.4) is 0 Å². The zero-order chi connectivity index (χ0) is 23.7. The summed E-state index contributed by atoms with van der Waals surface area (Å²) in [6, 6.07) is 16.6. The van der Waals surface area contributed by atoms with E-state index in [4.69, 9.17) is 4.74 Å². The molecule has 0 fully saturated rings. The second-order valence-electron chi connectivity index (χ2n) is 8.60. The first-order valence-corrected chi connectivity index (χ1v) is 10.7. The molecule has 0 radical (unpaired) electrons. The quantitative estimate of drug-likeness (QED) is 0.403. The van der Waals surface area contributed by atoms with Crippen molar-refractivity contribution in [2.24, 2.45) is 11.3 Å². The zero-order valence-electron chi connectivity index (χ0n) is 19.2. The average molecular weight is 443 g/mol. The fourth-order valence-electron chi connectivity index (χ4n) is 3.26. The molecule has 0 aliphatic heterocycles. The molecule has 0 aliphatic rings. The van der Waals surface area contributed by atoms with Gasteiger partial charge in [-0.1, -0.05) is 49.4 Å². The predicted octanol–water partition coefficient (Wildman–Crippen LogP) is 2.62. The number of aliphatic carboxylic acids is 1. The Morgan fingerprint density at radius 1 is 1.06 bits per heavy atom. The molecule has 0 heterocycles. The minimum atomic E-state index is -1.23. The van der Waals surface area contributed by atoms with Gasteiger partial charge in [0.1, 0.15) is 5.75 Å². The van der Waals surface area contributed by atoms with Crippen LogP contribution < -0.4 is 15.4 Å². The van der Waals surface area contributed by atoms with Gasteiger partial charge < -0.3 is 25.6 Å². The highest BCUT2D eigenvalue weighted by atomic mass is 16.5. The first-order chi connectivity index (χ1) is 15.1. The Morgan fingerprint density at radius 3 is 2.34 bits per heavy atom. The van der Waals surface area contributed by atoms with Crippen molar-refractivity contribution in [2.45, 2.75) is 45.9 Å². The van der Waals surface area contributed by atoms with Crippen molar-refractivity contribution in [3.8, 4) is 5.75 Å². The number of amides is 1. The van der Waals surface area contributed by atoms with E-state index in [9.17, 15) is 19.8 Å². The molecule has 0 aromatic heterocycles. The van der Waals surface area contributed by atoms with E-state index in [0.717, 1.165) is 16.9 Å². The van der Waals surface area contributed by atoms with Crippen molar-refractivity contribution in [3.63, 3.8) is 0 Å². The van der Waals surface area contributed by atoms with Crippen molar-refractivity contribution in [1.82, 2.24) is 10.6 Å². The van der Waals surface area contributed by atoms with E-state index in [1.54, 1.807) is 14.0 Å². The molecule has 0 unspecified atom stereocenters. The molecule has 4 N–H and O–H groups in total. The monoisotopic (exact) mass is 442 g/mol. The molecule has 0 bridgehead atoms. The van der Waals surface area contributed by atoms with Crippen molar-refractivity contribution < 1.29 is 24.5 Å². The lowest BCUT2D eigenvalue weighted by Crippen LogP contribution is -2.52. The molecule has 1 amide bonds. The van der Waals surface area contributed by atoms with E-state index in [0.29, 0.717) is 13.0 Å². The number of aliphatic hydroxyl groups excluding tert-OH is 1. The molecule has 2 rings (SSSR count). The first kappa shape index (κ1) is 25.4. The second-order valence-corrected chi connectivity index (χ2v) is 8.60. The Balaban J connectivity index is 2.06. The Labute approximate surface area is 189 Å². The molecule has 174 valence electrons. The average Bonchev–Trinajstić information content (AvgIpc) is 2.78. The summed E-state index contributed by atoms with van der Waals surface area (Å²) in [4.78, 5) is 24.4. The Kier molecular flexibility index (Phi) is 9.23. The predicted molar refractivity (Wildman–Crippen MR) is 123 cm³/mol. The summed E-state index contributed by atoms with van der Waals surface area (Å²) >= 11 is 0. The highest BCUT2D eigenvalue weighted by molar-refractivity contribution is 5.86. The van der Waals surface area contributed by atoms with Gasteiger partial charge in [0.05, 0.1) is 30.6 Å². The van der Waals surface area contributed by atoms with E-state index in [1.807, 2.05) is 54.6 Å². The van der Waals surface area contributed by atoms with Gasteiger partial charge in [0, 0.05) is 13.1 Å². The highest BCUT2D eigenvalue weighted by Gasteiger charge is 2.39. The number of rotatable bonds is 12. The van der Waals surface area contributed by atoms with Gasteiger partial charge in [-0.3, -0.25) is 9.59 Å². The van der Waals surface area contributed by atoms with Gasteiger partial charge in [0.25, 0.3) is 0 Å². The van der Waals surface area contributed by atoms with Gasteiger partial charge in [0.15, 0.2) is 0 Å². The van der Waals surface area contributed by atoms with E-state index in [-0.39, 0.29) is 6.54 Å². The van der Waals surface area contributed by atoms with Gasteiger partial charge in [-0.2, -0.15) is 0 Å². The summed E-state index contributed by atoms with van der Waals surface area (Å²) in [5.74, 6) is -1.45. The van der Waals surface area contributed by atoms with Crippen molar-refractivity contribution in [1.29, 1.82) is 0 Å². The number of hydrogen-bond donors (Lipinski definition) is 4. The minimum Gasteiger partial charge on any atom is -0.497 e. The van der Waals surface area contributed by atoms with E-state index < -0.39 is 35.4 Å². The van der Waals surface area contributed by atoms with Crippen LogP contribution in [0, 0.1) is 11.3 Å². The summed E-state index contributed by atoms with van der Waals surface area (Å²) in [5.41, 5.74) is 0.753. The zero-order valence-corrected chi connectivity index (χ0v) is 19.2. The van der Waals surface area contributed by atoms with E-state index in [1.165, 1.54) is 13.8 Å². The molecule has 2 aromatic carbocycles. The maximum Gasteiger partial charge on any atom is 0.309 e. The SMILES string of the molecule is COc1cccc(CNC[C@@H](O)[C@H](Cc2ccccc2)NC(=O)[C@H](C)C(C)(C)C(=O)O)c1. The number of carbonyl (C=O) groups excluding carboxylic acids is 1. The maximum absolute atomic E-state index is 12.8. The Morgan fingerprint density at radius 2 is 1.72 bits per heavy atom. The lowest BCUT2D eigenvalue weighted by Gasteiger charge is -2.30. The number of carboxylic acid groups (broad SMARTS) is 1. The smallest absolute Gasteiger partial charge is 0.309 e. The molecule has 0 saturated heterocycles. The van der Waals surface area contributed by atoms with Crippen molar-refractivity contribution in [3.05, 3.63) is 65.7 Å². The van der Waals surface area contributed by atoms with Crippen LogP contribution in [0.5, 0.6) is 5.75 Å². The van der Waals surface area contributed by atoms with Crippen LogP contribution in [0.15, 0.2) is 54.6 Å². The molecule has 7 nitrogen and oxygen atoms in total. The third-order valence-corrected chi connectivity index (χ3v) is 5.93. The number of carboxylic acids is 1. The topological polar surface area (TPSA) is 108 Å². The largest absolute Gasteiger partial charge is 0.497 e. The molecular weight excluding hydrogens is 408 g/mol. The van der Waals surface area contributed by atoms with E-state index >= 15 is 0 Å². The van der Waals surface area contributed by atoms with Crippen LogP contribution >= 0.6 is 0 Å². The minimum absolute atomic E-state index is 0.256. The van der Waals surface area contributed by atoms with Gasteiger partial charge in [-0.05, 0) is 43.5 Å². The normalized spacial score (nSPS) is 14.3. The number of methoxy groups -OCH3 is 1. The molecule has 0 saturated carbocycles. The van der Waals surface area contributed by atoms with Crippen LogP contribution in [-0.2, 0) is 22.6 Å². The third-order valence-electron chi connectivity index (χ3n) is 5.93. The summed E-state index contributed by atoms with van der Waals surface area (Å²) in [6.45, 7) is 5.43. The molecule has 3 atom stereocenters. The highest BCUT2D eigenvalue weighted by Crippen LogP contribution is 2.27. The summed E-state index contributed by atoms with van der Waals surface area (Å²) in [7, 11) is 1.61. The Hall–Kier alpha value is -2.90. The summed E-state index contributed by atoms with van der Waals surface area (Å²) in [5, 5.41) is 26.4. The first-order valence-electron chi connectivity index (χ1n) is 10.7. The number of hydrogen-bond acceptors (Lipinski definition) is 5. The summed E-state index contributed by atoms with van der Waals surface area (Å²) in [6.07, 6.45) is -0.445. The van der Waals surface area contributed by atoms with Crippen molar-refractivity contribution in [2.75, 3.05) is 13.7 Å². The van der Waals surface area contributed by atoms with Gasteiger partial charge in [-0.25, -0.2) is 0 Å². The Bertz CT molecular complexity index is 885. The van der Waals surface area contributed by atoms with Gasteiger partial charge in [0.2, 0.25) is 5.91 Å². The van der Waals surface area contributed by atoms with Crippen LogP contribution in [0.2, 0.25) is 0 Å². The standard InChI is InChI=1S/C25H34N2O5/c1-17(25(2,3)24(30)31)23(29)27-21(14-18-9-6-5-7-10-18)22(28)16-26-15-19-11-8-12-20(13-19)32-4/h5-13,17,21-22,26,28H,14-16H2,1-4H3,(H,27,29)(H,30,31)/t17-,21-,22+/m0/s1. The number of ether oxygens (including phenoxy) is 1. The fraction of sp³-hybridized carbons (Fsp3) is 0.440. The molecule has 32 heavy (non-hydrogen) atoms. The van der Waals surface area contributed by atoms with Crippen LogP contribution in [0.1, 0.15) is 31.9 Å². The molecule has 2 aromatic rings. The number of benzene rings is 2. The molecule has 7 heteroatoms. The molecule has 0 spiro atoms. The van der Waals surface area contributed by atoms with Gasteiger partial charge in [-0.15, -0.1) is 0 Å². The fourth-order valence-corrected chi connectivity index (χ4v) is 3.26. The van der Waals surface area contributed by atoms with Crippen LogP contribution in [0.25, 0.3) is 0 Å². The molecule has 0 aliphatic carbocycles. The van der Waals surface area contributed by atoms with Gasteiger partial charge >= 0.3 is 5.97 Å². The maximum atomic E-state index is 12.8. The lowest BCUT2D eigenvalue weighted by molar-refractivity contribution is -0.153. The van der Waals surface area contributed by atoms with Crippen molar-refractivity contribution >= 4 is 11.9 Å². The summed E-state index contributed by atoms with van der Waals surface area (Å²) < 4.78 is 5.23. The molecular formula is C25H34N2O5. The van der Waals surface area contributed by atoms with Crippen LogP contribution in [0.4, 0.5) is 0 Å².